The molecule has 0 saturated carbocycles. The largest absolute Gasteiger partial charge is 0.465 e. The Morgan fingerprint density at radius 3 is 2.65 bits per heavy atom. The highest BCUT2D eigenvalue weighted by Crippen LogP contribution is 2.15. The minimum absolute atomic E-state index is 0.0986. The maximum absolute atomic E-state index is 11.6. The lowest BCUT2D eigenvalue weighted by molar-refractivity contribution is 0.0600. The van der Waals surface area contributed by atoms with Crippen LogP contribution in [-0.2, 0) is 19.0 Å². The molecule has 0 N–H and O–H groups in total. The van der Waals surface area contributed by atoms with Crippen LogP contribution in [0.2, 0.25) is 0 Å². The van der Waals surface area contributed by atoms with Crippen molar-refractivity contribution in [2.45, 2.75) is 11.8 Å². The Morgan fingerprint density at radius 1 is 1.35 bits per heavy atom. The highest BCUT2D eigenvalue weighted by Gasteiger charge is 2.16. The van der Waals surface area contributed by atoms with Gasteiger partial charge in [0.05, 0.1) is 12.7 Å². The maximum atomic E-state index is 11.6. The van der Waals surface area contributed by atoms with Crippen molar-refractivity contribution in [1.29, 1.82) is 0 Å². The van der Waals surface area contributed by atoms with Crippen LogP contribution in [0, 0.1) is 0 Å². The highest BCUT2D eigenvalue weighted by molar-refractivity contribution is 7.86. The molecule has 0 aliphatic rings. The van der Waals surface area contributed by atoms with Gasteiger partial charge in [-0.15, -0.1) is 0 Å². The first kappa shape index (κ1) is 13.2. The summed E-state index contributed by atoms with van der Waals surface area (Å²) in [7, 11) is -2.66. The average Bonchev–Trinajstić information content (AvgIpc) is 2.35. The second-order valence-electron chi connectivity index (χ2n) is 3.04. The molecule has 0 aliphatic carbocycles. The van der Waals surface area contributed by atoms with Crippen molar-refractivity contribution < 1.29 is 22.1 Å². The number of carbonyl (C=O) groups is 1. The molecule has 0 unspecified atom stereocenters. The van der Waals surface area contributed by atoms with Gasteiger partial charge in [0.25, 0.3) is 0 Å². The Labute approximate surface area is 99.8 Å². The van der Waals surface area contributed by atoms with E-state index in [0.29, 0.717) is 0 Å². The molecule has 1 rings (SSSR count). The van der Waals surface area contributed by atoms with Crippen molar-refractivity contribution in [3.8, 4) is 0 Å². The molecule has 92 valence electrons. The van der Waals surface area contributed by atoms with E-state index < -0.39 is 16.1 Å². The Bertz CT molecular complexity index is 531. The Hall–Kier alpha value is -1.82. The van der Waals surface area contributed by atoms with E-state index in [4.69, 9.17) is 0 Å². The fraction of sp³-hybridized carbons (Fsp3) is 0.182. The Morgan fingerprint density at radius 2 is 2.06 bits per heavy atom. The van der Waals surface area contributed by atoms with E-state index in [-0.39, 0.29) is 10.5 Å². The molecule has 0 radical (unpaired) electrons. The molecule has 0 fully saturated rings. The predicted molar refractivity (Wildman–Crippen MR) is 60.9 cm³/mol. The van der Waals surface area contributed by atoms with E-state index in [1.54, 1.807) is 6.92 Å². The van der Waals surface area contributed by atoms with Crippen LogP contribution in [0.15, 0.2) is 41.5 Å². The zero-order chi connectivity index (χ0) is 12.9. The van der Waals surface area contributed by atoms with Crippen LogP contribution >= 0.6 is 0 Å². The Kier molecular flexibility index (Phi) is 4.28. The van der Waals surface area contributed by atoms with Gasteiger partial charge in [-0.3, -0.25) is 0 Å². The van der Waals surface area contributed by atoms with E-state index in [1.807, 2.05) is 0 Å². The van der Waals surface area contributed by atoms with E-state index >= 15 is 0 Å². The van der Waals surface area contributed by atoms with Crippen LogP contribution in [0.25, 0.3) is 0 Å². The van der Waals surface area contributed by atoms with Crippen LogP contribution in [0.1, 0.15) is 17.3 Å². The average molecular weight is 256 g/mol. The van der Waals surface area contributed by atoms with Crippen LogP contribution in [0.5, 0.6) is 0 Å². The van der Waals surface area contributed by atoms with Gasteiger partial charge >= 0.3 is 16.1 Å². The number of rotatable bonds is 4. The molecule has 17 heavy (non-hydrogen) atoms. The summed E-state index contributed by atoms with van der Waals surface area (Å²) in [5.74, 6) is -0.604. The number of ether oxygens (including phenoxy) is 1. The van der Waals surface area contributed by atoms with E-state index in [0.717, 1.165) is 6.26 Å². The van der Waals surface area contributed by atoms with Crippen LogP contribution in [0.4, 0.5) is 0 Å². The number of benzene rings is 1. The summed E-state index contributed by atoms with van der Waals surface area (Å²) < 4.78 is 32.3. The van der Waals surface area contributed by atoms with Gasteiger partial charge in [0, 0.05) is 0 Å². The SMILES string of the molecule is C/C=C/OS(=O)(=O)c1cccc(C(=O)OC)c1. The number of hydrogen-bond donors (Lipinski definition) is 0. The van der Waals surface area contributed by atoms with Crippen molar-refractivity contribution in [2.75, 3.05) is 7.11 Å². The molecule has 6 heteroatoms. The van der Waals surface area contributed by atoms with Crippen LogP contribution in [0.3, 0.4) is 0 Å². The first-order valence-electron chi connectivity index (χ1n) is 4.74. The molecule has 0 aromatic heterocycles. The number of allylic oxidation sites excluding steroid dienone is 1. The molecule has 0 aliphatic heterocycles. The third-order valence-corrected chi connectivity index (χ3v) is 3.06. The number of methoxy groups -OCH3 is 1. The van der Waals surface area contributed by atoms with Gasteiger partial charge in [-0.1, -0.05) is 12.1 Å². The first-order chi connectivity index (χ1) is 8.01. The van der Waals surface area contributed by atoms with Crippen molar-refractivity contribution in [2.24, 2.45) is 0 Å². The summed E-state index contributed by atoms with van der Waals surface area (Å²) in [6.45, 7) is 1.63. The second-order valence-corrected chi connectivity index (χ2v) is 4.61. The summed E-state index contributed by atoms with van der Waals surface area (Å²) in [5.41, 5.74) is 0.151. The Balaban J connectivity index is 3.11. The van der Waals surface area contributed by atoms with E-state index in [1.165, 1.54) is 37.5 Å². The van der Waals surface area contributed by atoms with Gasteiger partial charge in [-0.2, -0.15) is 8.42 Å². The summed E-state index contributed by atoms with van der Waals surface area (Å²) >= 11 is 0. The topological polar surface area (TPSA) is 69.7 Å². The first-order valence-corrected chi connectivity index (χ1v) is 6.15. The smallest absolute Gasteiger partial charge is 0.338 e. The third kappa shape index (κ3) is 3.32. The molecular weight excluding hydrogens is 244 g/mol. The molecule has 0 heterocycles. The minimum atomic E-state index is -3.88. The van der Waals surface area contributed by atoms with Crippen LogP contribution in [-0.4, -0.2) is 21.5 Å². The molecule has 0 saturated heterocycles. The van der Waals surface area contributed by atoms with Crippen molar-refractivity contribution in [3.05, 3.63) is 42.2 Å². The molecular formula is C11H12O5S. The van der Waals surface area contributed by atoms with Gasteiger partial charge < -0.3 is 8.92 Å². The molecule has 0 spiro atoms. The highest BCUT2D eigenvalue weighted by atomic mass is 32.2. The summed E-state index contributed by atoms with van der Waals surface area (Å²) in [5, 5.41) is 0. The lowest BCUT2D eigenvalue weighted by Gasteiger charge is -2.04. The normalized spacial score (nSPS) is 11.4. The molecule has 5 nitrogen and oxygen atoms in total. The van der Waals surface area contributed by atoms with Crippen molar-refractivity contribution >= 4 is 16.1 Å². The van der Waals surface area contributed by atoms with Crippen molar-refractivity contribution in [3.63, 3.8) is 0 Å². The van der Waals surface area contributed by atoms with Gasteiger partial charge in [0.1, 0.15) is 11.2 Å². The van der Waals surface area contributed by atoms with E-state index in [2.05, 4.69) is 8.92 Å². The lowest BCUT2D eigenvalue weighted by Crippen LogP contribution is -2.06. The van der Waals surface area contributed by atoms with E-state index in [9.17, 15) is 13.2 Å². The molecule has 1 aromatic rings. The standard InChI is InChI=1S/C11H12O5S/c1-3-7-16-17(13,14)10-6-4-5-9(8-10)11(12)15-2/h3-8H,1-2H3/b7-3+. The number of esters is 1. The molecule has 0 atom stereocenters. The fourth-order valence-electron chi connectivity index (χ4n) is 1.08. The summed E-state index contributed by atoms with van der Waals surface area (Å²) in [6, 6.07) is 5.44. The third-order valence-electron chi connectivity index (χ3n) is 1.86. The number of hydrogen-bond acceptors (Lipinski definition) is 5. The maximum Gasteiger partial charge on any atom is 0.338 e. The number of carbonyl (C=O) groups excluding carboxylic acids is 1. The predicted octanol–water partition coefficient (Wildman–Crippen LogP) is 1.71. The second kappa shape index (κ2) is 5.49. The fourth-order valence-corrected chi connectivity index (χ4v) is 1.97. The molecule has 0 amide bonds. The van der Waals surface area contributed by atoms with Gasteiger partial charge in [0.15, 0.2) is 0 Å². The molecule has 1 aromatic carbocycles. The van der Waals surface area contributed by atoms with Crippen molar-refractivity contribution in [1.82, 2.24) is 0 Å². The quantitative estimate of drug-likeness (QED) is 0.466. The van der Waals surface area contributed by atoms with Gasteiger partial charge in [-0.05, 0) is 25.1 Å². The molecule has 0 bridgehead atoms. The lowest BCUT2D eigenvalue weighted by atomic mass is 10.2. The summed E-state index contributed by atoms with van der Waals surface area (Å²) in [6.07, 6.45) is 2.50. The van der Waals surface area contributed by atoms with Crippen LogP contribution < -0.4 is 0 Å². The summed E-state index contributed by atoms with van der Waals surface area (Å²) in [4.78, 5) is 11.1. The van der Waals surface area contributed by atoms with Gasteiger partial charge in [0.2, 0.25) is 0 Å². The zero-order valence-corrected chi connectivity index (χ0v) is 10.2. The monoisotopic (exact) mass is 256 g/mol. The zero-order valence-electron chi connectivity index (χ0n) is 9.41. The minimum Gasteiger partial charge on any atom is -0.465 e. The van der Waals surface area contributed by atoms with Gasteiger partial charge in [-0.25, -0.2) is 4.79 Å².